The molecular weight excluding hydrogens is 448 g/mol. The van der Waals surface area contributed by atoms with Gasteiger partial charge in [0.15, 0.2) is 0 Å². The van der Waals surface area contributed by atoms with Gasteiger partial charge in [-0.05, 0) is 92.6 Å². The summed E-state index contributed by atoms with van der Waals surface area (Å²) >= 11 is 0. The average Bonchev–Trinajstić information content (AvgIpc) is 3.09. The summed E-state index contributed by atoms with van der Waals surface area (Å²) in [5, 5.41) is 34.1. The van der Waals surface area contributed by atoms with E-state index in [1.54, 1.807) is 6.26 Å². The molecule has 1 amide bonds. The third-order valence-electron chi connectivity index (χ3n) is 11.1. The van der Waals surface area contributed by atoms with Crippen LogP contribution in [0.4, 0.5) is 4.79 Å². The largest absolute Gasteiger partial charge is 0.465 e. The summed E-state index contributed by atoms with van der Waals surface area (Å²) in [7, 11) is 0. The van der Waals surface area contributed by atoms with Crippen molar-refractivity contribution in [2.75, 3.05) is 13.1 Å². The minimum Gasteiger partial charge on any atom is -0.465 e. The Hall–Kier alpha value is -1.90. The zero-order chi connectivity index (χ0) is 25.2. The Bertz CT molecular complexity index is 1020. The molecule has 4 aliphatic rings. The van der Waals surface area contributed by atoms with Gasteiger partial charge in [-0.3, -0.25) is 0 Å². The highest BCUT2D eigenvalue weighted by Gasteiger charge is 2.70. The van der Waals surface area contributed by atoms with E-state index in [2.05, 4.69) is 13.8 Å². The smallest absolute Gasteiger partial charge is 0.407 e. The number of rotatable bonds is 4. The fourth-order valence-electron chi connectivity index (χ4n) is 9.14. The van der Waals surface area contributed by atoms with Crippen molar-refractivity contribution in [1.29, 1.82) is 0 Å². The van der Waals surface area contributed by atoms with Crippen molar-refractivity contribution < 1.29 is 24.5 Å². The molecule has 0 aliphatic heterocycles. The molecule has 194 valence electrons. The van der Waals surface area contributed by atoms with Crippen LogP contribution < -0.4 is 11.4 Å². The first-order valence-electron chi connectivity index (χ1n) is 13.2. The number of carbonyl (C=O) groups is 1. The van der Waals surface area contributed by atoms with Crippen molar-refractivity contribution >= 4 is 6.09 Å². The van der Waals surface area contributed by atoms with E-state index >= 15 is 0 Å². The van der Waals surface area contributed by atoms with Crippen molar-refractivity contribution in [3.8, 4) is 0 Å². The third kappa shape index (κ3) is 3.43. The molecule has 5 N–H and O–H groups in total. The maximum absolute atomic E-state index is 12.3. The molecule has 0 aromatic carbocycles. The van der Waals surface area contributed by atoms with Crippen LogP contribution in [0, 0.1) is 22.7 Å². The monoisotopic (exact) mass is 488 g/mol. The van der Waals surface area contributed by atoms with E-state index in [4.69, 9.17) is 10.2 Å². The number of fused-ring (bicyclic) bond motifs is 5. The average molecular weight is 489 g/mol. The zero-order valence-electron chi connectivity index (χ0n) is 20.9. The Balaban J connectivity index is 1.42. The van der Waals surface area contributed by atoms with E-state index in [0.29, 0.717) is 25.7 Å². The molecule has 4 fully saturated rings. The Morgan fingerprint density at radius 2 is 1.77 bits per heavy atom. The lowest BCUT2D eigenvalue weighted by molar-refractivity contribution is -0.249. The van der Waals surface area contributed by atoms with Gasteiger partial charge in [-0.15, -0.1) is 0 Å². The maximum Gasteiger partial charge on any atom is 0.407 e. The van der Waals surface area contributed by atoms with Crippen molar-refractivity contribution in [3.63, 3.8) is 0 Å². The first-order chi connectivity index (χ1) is 16.5. The fourth-order valence-corrected chi connectivity index (χ4v) is 9.14. The van der Waals surface area contributed by atoms with E-state index in [0.717, 1.165) is 37.7 Å². The first-order valence-corrected chi connectivity index (χ1v) is 13.2. The molecule has 0 radical (unpaired) electrons. The molecule has 35 heavy (non-hydrogen) atoms. The van der Waals surface area contributed by atoms with Gasteiger partial charge < -0.3 is 30.4 Å². The molecule has 4 saturated carbocycles. The lowest BCUT2D eigenvalue weighted by Gasteiger charge is -2.66. The summed E-state index contributed by atoms with van der Waals surface area (Å²) in [5.41, 5.74) is 3.81. The predicted octanol–water partition coefficient (Wildman–Crippen LogP) is 3.30. The molecule has 0 spiro atoms. The number of amides is 1. The second kappa shape index (κ2) is 8.32. The summed E-state index contributed by atoms with van der Waals surface area (Å²) in [6.07, 6.45) is 7.08. The summed E-state index contributed by atoms with van der Waals surface area (Å²) in [6, 6.07) is 3.08. The number of hydrogen-bond acceptors (Lipinski definition) is 6. The SMILES string of the molecule is C[C@]12CC[C@H](N(CCN)C(=O)O)C[C@@]1(O)CC[C@@H]1[C@@H]2CC[C@]2(C)[C@@H](c3ccc(=O)oc3)CC[C@]12O. The van der Waals surface area contributed by atoms with Crippen LogP contribution in [0.2, 0.25) is 0 Å². The normalized spacial score (nSPS) is 44.7. The van der Waals surface area contributed by atoms with E-state index in [1.807, 2.05) is 6.07 Å². The van der Waals surface area contributed by atoms with Crippen LogP contribution in [-0.2, 0) is 0 Å². The molecule has 1 aromatic rings. The topological polar surface area (TPSA) is 137 Å². The molecule has 1 aromatic heterocycles. The van der Waals surface area contributed by atoms with Crippen LogP contribution in [0.25, 0.3) is 0 Å². The molecule has 0 bridgehead atoms. The Kier molecular flexibility index (Phi) is 5.89. The molecule has 5 rings (SSSR count). The van der Waals surface area contributed by atoms with Crippen molar-refractivity contribution in [1.82, 2.24) is 4.90 Å². The van der Waals surface area contributed by atoms with E-state index in [1.165, 1.54) is 11.0 Å². The summed E-state index contributed by atoms with van der Waals surface area (Å²) in [4.78, 5) is 24.8. The third-order valence-corrected chi connectivity index (χ3v) is 11.1. The highest BCUT2D eigenvalue weighted by Crippen LogP contribution is 2.71. The quantitative estimate of drug-likeness (QED) is 0.510. The Morgan fingerprint density at radius 3 is 2.43 bits per heavy atom. The van der Waals surface area contributed by atoms with Crippen molar-refractivity contribution in [2.24, 2.45) is 28.4 Å². The second-order valence-electron chi connectivity index (χ2n) is 12.2. The standard InChI is InChI=1S/C27H40N2O6/c1-24-9-5-18(29(14-13-28)23(31)32)15-26(24,33)11-7-21-20(24)6-10-25(2)19(8-12-27(21,25)34)17-3-4-22(30)35-16-17/h3-4,16,18-21,33-34H,5-15,28H2,1-2H3,(H,31,32)/t18-,19+,20-,21+,24+,25+,26-,27-/m0/s1. The molecule has 1 heterocycles. The maximum atomic E-state index is 12.3. The highest BCUT2D eigenvalue weighted by molar-refractivity contribution is 5.65. The number of nitrogens with two attached hydrogens (primary N) is 1. The van der Waals surface area contributed by atoms with Crippen LogP contribution in [-0.4, -0.2) is 56.6 Å². The molecule has 8 atom stereocenters. The molecular formula is C27H40N2O6. The van der Waals surface area contributed by atoms with Gasteiger partial charge in [0.2, 0.25) is 0 Å². The lowest BCUT2D eigenvalue weighted by atomic mass is 9.41. The number of aliphatic hydroxyl groups is 2. The van der Waals surface area contributed by atoms with Crippen molar-refractivity contribution in [2.45, 2.75) is 94.8 Å². The van der Waals surface area contributed by atoms with Crippen LogP contribution in [0.5, 0.6) is 0 Å². The van der Waals surface area contributed by atoms with E-state index < -0.39 is 17.3 Å². The minimum absolute atomic E-state index is 0.0865. The van der Waals surface area contributed by atoms with Gasteiger partial charge in [-0.2, -0.15) is 0 Å². The number of carboxylic acid groups (broad SMARTS) is 1. The van der Waals surface area contributed by atoms with E-state index in [9.17, 15) is 24.9 Å². The highest BCUT2D eigenvalue weighted by atomic mass is 16.4. The van der Waals surface area contributed by atoms with Crippen LogP contribution in [0.15, 0.2) is 27.6 Å². The van der Waals surface area contributed by atoms with Crippen LogP contribution in [0.3, 0.4) is 0 Å². The van der Waals surface area contributed by atoms with Crippen molar-refractivity contribution in [3.05, 3.63) is 34.4 Å². The van der Waals surface area contributed by atoms with Gasteiger partial charge in [0.05, 0.1) is 17.5 Å². The minimum atomic E-state index is -0.974. The first kappa shape index (κ1) is 24.8. The van der Waals surface area contributed by atoms with Gasteiger partial charge in [0, 0.05) is 30.6 Å². The fraction of sp³-hybridized carbons (Fsp3) is 0.778. The molecule has 8 heteroatoms. The van der Waals surface area contributed by atoms with Gasteiger partial charge in [0.1, 0.15) is 0 Å². The molecule has 0 unspecified atom stereocenters. The summed E-state index contributed by atoms with van der Waals surface area (Å²) in [5.74, 6) is 0.395. The Morgan fingerprint density at radius 1 is 1.06 bits per heavy atom. The number of nitrogens with zero attached hydrogens (tertiary/aromatic N) is 1. The second-order valence-corrected chi connectivity index (χ2v) is 12.2. The predicted molar refractivity (Wildman–Crippen MR) is 130 cm³/mol. The molecule has 8 nitrogen and oxygen atoms in total. The van der Waals surface area contributed by atoms with Gasteiger partial charge >= 0.3 is 11.7 Å². The summed E-state index contributed by atoms with van der Waals surface area (Å²) in [6.45, 7) is 4.92. The van der Waals surface area contributed by atoms with Gasteiger partial charge in [-0.25, -0.2) is 9.59 Å². The van der Waals surface area contributed by atoms with Gasteiger partial charge in [-0.1, -0.05) is 13.8 Å². The summed E-state index contributed by atoms with van der Waals surface area (Å²) < 4.78 is 5.17. The van der Waals surface area contributed by atoms with Crippen LogP contribution in [0.1, 0.15) is 83.1 Å². The zero-order valence-corrected chi connectivity index (χ0v) is 20.9. The molecule has 0 saturated heterocycles. The van der Waals surface area contributed by atoms with E-state index in [-0.39, 0.29) is 53.3 Å². The Labute approximate surface area is 206 Å². The lowest BCUT2D eigenvalue weighted by Crippen LogP contribution is -2.68. The van der Waals surface area contributed by atoms with Gasteiger partial charge in [0.25, 0.3) is 0 Å². The number of hydrogen-bond donors (Lipinski definition) is 4. The molecule has 4 aliphatic carbocycles. The van der Waals surface area contributed by atoms with Crippen LogP contribution >= 0.6 is 0 Å².